The molecular formula is C29H37N3O5. The summed E-state index contributed by atoms with van der Waals surface area (Å²) in [5.41, 5.74) is 5.06. The van der Waals surface area contributed by atoms with Crippen molar-refractivity contribution in [2.45, 2.75) is 46.1 Å². The van der Waals surface area contributed by atoms with Crippen molar-refractivity contribution in [3.63, 3.8) is 0 Å². The summed E-state index contributed by atoms with van der Waals surface area (Å²) < 4.78 is 16.2. The molecule has 0 aromatic heterocycles. The molecule has 198 valence electrons. The maximum absolute atomic E-state index is 13.7. The fourth-order valence-corrected chi connectivity index (χ4v) is 5.23. The van der Waals surface area contributed by atoms with Gasteiger partial charge in [0.25, 0.3) is 5.91 Å². The van der Waals surface area contributed by atoms with Gasteiger partial charge in [0.05, 0.1) is 45.0 Å². The second-order valence-electron chi connectivity index (χ2n) is 9.73. The molecule has 0 saturated carbocycles. The molecule has 1 fully saturated rings. The maximum atomic E-state index is 13.7. The van der Waals surface area contributed by atoms with Crippen molar-refractivity contribution >= 4 is 17.6 Å². The molecule has 0 spiro atoms. The van der Waals surface area contributed by atoms with E-state index < -0.39 is 0 Å². The first-order chi connectivity index (χ1) is 17.8. The number of benzene rings is 2. The van der Waals surface area contributed by atoms with E-state index in [-0.39, 0.29) is 30.4 Å². The number of aryl methyl sites for hydroxylation is 2. The van der Waals surface area contributed by atoms with Crippen LogP contribution in [0.15, 0.2) is 41.5 Å². The van der Waals surface area contributed by atoms with Crippen molar-refractivity contribution in [3.05, 3.63) is 58.7 Å². The van der Waals surface area contributed by atoms with Crippen molar-refractivity contribution in [2.75, 3.05) is 40.5 Å². The zero-order valence-corrected chi connectivity index (χ0v) is 22.5. The number of carbonyl (C=O) groups is 2. The Balaban J connectivity index is 1.57. The molecule has 1 amide bonds. The van der Waals surface area contributed by atoms with Gasteiger partial charge in [-0.25, -0.2) is 5.01 Å². The molecular weight excluding hydrogens is 470 g/mol. The third-order valence-corrected chi connectivity index (χ3v) is 7.24. The SMILES string of the molecule is CCOC(=O)C1CCN(CC(=O)N2N=C(c3ccc(OC)cc3OC)CC2c2ccc(C)cc2C)CC1. The maximum Gasteiger partial charge on any atom is 0.309 e. The lowest BCUT2D eigenvalue weighted by atomic mass is 9.93. The van der Waals surface area contributed by atoms with Crippen molar-refractivity contribution in [1.82, 2.24) is 9.91 Å². The van der Waals surface area contributed by atoms with Crippen LogP contribution < -0.4 is 9.47 Å². The highest BCUT2D eigenvalue weighted by molar-refractivity contribution is 6.05. The second-order valence-corrected chi connectivity index (χ2v) is 9.73. The van der Waals surface area contributed by atoms with Crippen LogP contribution in [-0.2, 0) is 14.3 Å². The van der Waals surface area contributed by atoms with Crippen molar-refractivity contribution in [1.29, 1.82) is 0 Å². The van der Waals surface area contributed by atoms with Crippen LogP contribution in [0.4, 0.5) is 0 Å². The van der Waals surface area contributed by atoms with Gasteiger partial charge in [0, 0.05) is 18.1 Å². The van der Waals surface area contributed by atoms with E-state index in [9.17, 15) is 9.59 Å². The average molecular weight is 508 g/mol. The summed E-state index contributed by atoms with van der Waals surface area (Å²) in [6.45, 7) is 7.99. The standard InChI is InChI=1S/C29H37N3O5/c1-6-37-29(34)21-11-13-31(14-12-21)18-28(33)32-26(23-9-7-19(2)15-20(23)3)17-25(30-32)24-10-8-22(35-4)16-27(24)36-5/h7-10,15-16,21,26H,6,11-14,17-18H2,1-5H3. The molecule has 4 rings (SSSR count). The Labute approximate surface area is 219 Å². The summed E-state index contributed by atoms with van der Waals surface area (Å²) in [6, 6.07) is 11.8. The molecule has 2 aliphatic heterocycles. The number of hydrogen-bond acceptors (Lipinski definition) is 7. The lowest BCUT2D eigenvalue weighted by Crippen LogP contribution is -2.43. The minimum absolute atomic E-state index is 0.0537. The molecule has 1 atom stereocenters. The first kappa shape index (κ1) is 26.7. The van der Waals surface area contributed by atoms with Crippen LogP contribution in [0.1, 0.15) is 54.5 Å². The molecule has 0 N–H and O–H groups in total. The fraction of sp³-hybridized carbons (Fsp3) is 0.483. The van der Waals surface area contributed by atoms with E-state index in [1.807, 2.05) is 25.1 Å². The van der Waals surface area contributed by atoms with Crippen LogP contribution in [-0.4, -0.2) is 68.0 Å². The Hall–Kier alpha value is -3.39. The zero-order chi connectivity index (χ0) is 26.5. The lowest BCUT2D eigenvalue weighted by molar-refractivity contribution is -0.149. The second kappa shape index (κ2) is 11.8. The molecule has 2 heterocycles. The molecule has 37 heavy (non-hydrogen) atoms. The van der Waals surface area contributed by atoms with Crippen molar-refractivity contribution in [3.8, 4) is 11.5 Å². The predicted octanol–water partition coefficient (Wildman–Crippen LogP) is 4.27. The molecule has 2 aromatic rings. The normalized spacial score (nSPS) is 18.5. The molecule has 1 unspecified atom stereocenters. The van der Waals surface area contributed by atoms with Gasteiger partial charge in [-0.3, -0.25) is 14.5 Å². The number of ether oxygens (including phenoxy) is 3. The smallest absolute Gasteiger partial charge is 0.309 e. The number of esters is 1. The number of likely N-dealkylation sites (tertiary alicyclic amines) is 1. The molecule has 0 aliphatic carbocycles. The first-order valence-electron chi connectivity index (χ1n) is 12.9. The van der Waals surface area contributed by atoms with E-state index in [1.165, 1.54) is 5.56 Å². The number of carbonyl (C=O) groups excluding carboxylic acids is 2. The van der Waals surface area contributed by atoms with Gasteiger partial charge in [0.15, 0.2) is 0 Å². The van der Waals surface area contributed by atoms with Gasteiger partial charge in [-0.05, 0) is 70.0 Å². The number of hydrogen-bond donors (Lipinski definition) is 0. The van der Waals surface area contributed by atoms with Gasteiger partial charge in [-0.15, -0.1) is 0 Å². The van der Waals surface area contributed by atoms with Crippen LogP contribution in [0.5, 0.6) is 11.5 Å². The van der Waals surface area contributed by atoms with E-state index in [2.05, 4.69) is 36.9 Å². The summed E-state index contributed by atoms with van der Waals surface area (Å²) >= 11 is 0. The third-order valence-electron chi connectivity index (χ3n) is 7.24. The minimum atomic E-state index is -0.202. The van der Waals surface area contributed by atoms with Gasteiger partial charge in [0.2, 0.25) is 0 Å². The largest absolute Gasteiger partial charge is 0.497 e. The number of methoxy groups -OCH3 is 2. The van der Waals surface area contributed by atoms with Crippen molar-refractivity contribution in [2.24, 2.45) is 11.0 Å². The van der Waals surface area contributed by atoms with Crippen LogP contribution in [0.25, 0.3) is 0 Å². The van der Waals surface area contributed by atoms with Gasteiger partial charge < -0.3 is 14.2 Å². The minimum Gasteiger partial charge on any atom is -0.497 e. The summed E-state index contributed by atoms with van der Waals surface area (Å²) in [7, 11) is 3.24. The van der Waals surface area contributed by atoms with Crippen LogP contribution in [0, 0.1) is 19.8 Å². The molecule has 0 bridgehead atoms. The van der Waals surface area contributed by atoms with E-state index in [0.717, 1.165) is 22.4 Å². The van der Waals surface area contributed by atoms with E-state index >= 15 is 0 Å². The van der Waals surface area contributed by atoms with Gasteiger partial charge in [-0.2, -0.15) is 5.10 Å². The number of amides is 1. The average Bonchev–Trinajstić information content (AvgIpc) is 3.34. The Morgan fingerprint density at radius 2 is 1.78 bits per heavy atom. The molecule has 8 heteroatoms. The van der Waals surface area contributed by atoms with Gasteiger partial charge in [0.1, 0.15) is 11.5 Å². The van der Waals surface area contributed by atoms with Gasteiger partial charge >= 0.3 is 5.97 Å². The molecule has 1 saturated heterocycles. The number of piperidine rings is 1. The summed E-state index contributed by atoms with van der Waals surface area (Å²) in [4.78, 5) is 27.9. The molecule has 0 radical (unpaired) electrons. The predicted molar refractivity (Wildman–Crippen MR) is 142 cm³/mol. The van der Waals surface area contributed by atoms with E-state index in [4.69, 9.17) is 19.3 Å². The quantitative estimate of drug-likeness (QED) is 0.497. The molecule has 8 nitrogen and oxygen atoms in total. The molecule has 2 aliphatic rings. The summed E-state index contributed by atoms with van der Waals surface area (Å²) in [5.74, 6) is 1.08. The van der Waals surface area contributed by atoms with Gasteiger partial charge in [-0.1, -0.05) is 23.8 Å². The van der Waals surface area contributed by atoms with E-state index in [1.54, 1.807) is 19.2 Å². The topological polar surface area (TPSA) is 80.7 Å². The summed E-state index contributed by atoms with van der Waals surface area (Å²) in [6.07, 6.45) is 1.98. The number of nitrogens with zero attached hydrogens (tertiary/aromatic N) is 3. The molecule has 2 aromatic carbocycles. The fourth-order valence-electron chi connectivity index (χ4n) is 5.23. The Morgan fingerprint density at radius 1 is 1.03 bits per heavy atom. The van der Waals surface area contributed by atoms with Crippen LogP contribution in [0.3, 0.4) is 0 Å². The lowest BCUT2D eigenvalue weighted by Gasteiger charge is -2.32. The van der Waals surface area contributed by atoms with Crippen molar-refractivity contribution < 1.29 is 23.8 Å². The number of rotatable bonds is 8. The highest BCUT2D eigenvalue weighted by Crippen LogP contribution is 2.37. The first-order valence-corrected chi connectivity index (χ1v) is 12.9. The highest BCUT2D eigenvalue weighted by Gasteiger charge is 2.36. The third kappa shape index (κ3) is 5.96. The summed E-state index contributed by atoms with van der Waals surface area (Å²) in [5, 5.41) is 6.50. The Kier molecular flexibility index (Phi) is 8.48. The number of hydrazone groups is 1. The zero-order valence-electron chi connectivity index (χ0n) is 22.5. The Bertz CT molecular complexity index is 1170. The monoisotopic (exact) mass is 507 g/mol. The van der Waals surface area contributed by atoms with Crippen LogP contribution >= 0.6 is 0 Å². The highest BCUT2D eigenvalue weighted by atomic mass is 16.5. The van der Waals surface area contributed by atoms with E-state index in [0.29, 0.717) is 50.5 Å². The van der Waals surface area contributed by atoms with Crippen LogP contribution in [0.2, 0.25) is 0 Å². The Morgan fingerprint density at radius 3 is 2.43 bits per heavy atom.